The SMILES string of the molecule is CCC1=C(C)c2cc3nc(cc4[nH]c(c5c6[nH]c(cc1n2)c(C)c6C(=O)N(CCN1CCOCC1)C5=O)[C@@H](CCC(=O)N(C)CCN)[C@@H]4C)C(C)=C3/C=C/C(=O)OCCCS[C@@H]1O[C@H](CO)[C@@H](O)[C@H](O)[C@H]1O. The minimum Gasteiger partial charge on any atom is -0.462 e. The van der Waals surface area contributed by atoms with Gasteiger partial charge in [0.15, 0.2) is 0 Å². The van der Waals surface area contributed by atoms with Crippen LogP contribution < -0.4 is 5.73 Å². The van der Waals surface area contributed by atoms with Crippen molar-refractivity contribution in [1.29, 1.82) is 0 Å². The van der Waals surface area contributed by atoms with E-state index in [1.165, 1.54) is 22.7 Å². The Labute approximate surface area is 423 Å². The lowest BCUT2D eigenvalue weighted by Crippen LogP contribution is -2.57. The summed E-state index contributed by atoms with van der Waals surface area (Å²) in [5.41, 5.74) is 14.8. The number of morpholine rings is 1. The molecular formula is C52H68N8O11S. The molecule has 0 radical (unpaired) electrons. The van der Waals surface area contributed by atoms with Gasteiger partial charge in [0.25, 0.3) is 11.8 Å². The molecule has 0 aliphatic carbocycles. The number of hydrogen-bond acceptors (Lipinski definition) is 16. The number of aliphatic hydroxyl groups excluding tert-OH is 4. The third kappa shape index (κ3) is 10.7. The summed E-state index contributed by atoms with van der Waals surface area (Å²) in [7, 11) is 1.73. The van der Waals surface area contributed by atoms with E-state index in [2.05, 4.69) is 28.7 Å². The number of nitrogens with zero attached hydrogens (tertiary/aromatic N) is 5. The number of aromatic nitrogens is 4. The minimum absolute atomic E-state index is 0.0563. The van der Waals surface area contributed by atoms with E-state index in [0.717, 1.165) is 22.4 Å². The summed E-state index contributed by atoms with van der Waals surface area (Å²) in [6.45, 7) is 13.4. The maximum Gasteiger partial charge on any atom is 0.330 e. The first-order valence-corrected chi connectivity index (χ1v) is 26.0. The number of nitrogens with one attached hydrogen (secondary N) is 2. The molecule has 19 nitrogen and oxygen atoms in total. The molecule has 72 heavy (non-hydrogen) atoms. The van der Waals surface area contributed by atoms with Gasteiger partial charge in [-0.1, -0.05) is 13.8 Å². The van der Waals surface area contributed by atoms with Crippen molar-refractivity contribution < 1.29 is 53.8 Å². The number of carbonyl (C=O) groups is 4. The van der Waals surface area contributed by atoms with Crippen LogP contribution >= 0.6 is 11.8 Å². The molecule has 0 unspecified atom stereocenters. The first-order valence-electron chi connectivity index (χ1n) is 24.9. The molecule has 2 fully saturated rings. The zero-order valence-corrected chi connectivity index (χ0v) is 42.7. The first kappa shape index (κ1) is 53.0. The molecule has 388 valence electrons. The summed E-state index contributed by atoms with van der Waals surface area (Å²) < 4.78 is 16.7. The van der Waals surface area contributed by atoms with Gasteiger partial charge in [0, 0.05) is 93.1 Å². The molecule has 2 saturated heterocycles. The standard InChI is InChI=1S/C52H68N8O11S/c1-7-31-27(2)35-24-39-32(10-12-42(63)70-19-8-22-72-52-49(66)48(65)47(64)40(26-61)71-52)28(3)34(55-39)23-36-29(4)33(9-11-41(62)58(6)14-13-53)45(56-36)44-46-43(30(5)37(57-46)25-38(31)54-35)50(67)60(51(44)68)16-15-59-17-20-69-21-18-59/h10,12,23-25,29,33,40,47-49,52,56-57,61,64-66H,7-9,11,13-22,26,53H2,1-6H3/b12-10+,36-23?,38-25?,39-24?,45-44?/t29-,33-,40+,47+,48-,49+,52-/m0/s1. The number of nitrogens with two attached hydrogens (primary N) is 1. The van der Waals surface area contributed by atoms with Crippen LogP contribution in [-0.4, -0.2) is 187 Å². The number of hydrogen-bond donors (Lipinski definition) is 7. The number of ether oxygens (including phenoxy) is 3. The summed E-state index contributed by atoms with van der Waals surface area (Å²) >= 11 is 1.18. The van der Waals surface area contributed by atoms with Crippen LogP contribution in [0.25, 0.3) is 33.3 Å². The number of amides is 3. The fourth-order valence-corrected chi connectivity index (χ4v) is 11.4. The van der Waals surface area contributed by atoms with Crippen molar-refractivity contribution in [3.05, 3.63) is 81.2 Å². The zero-order chi connectivity index (χ0) is 51.5. The van der Waals surface area contributed by atoms with Crippen molar-refractivity contribution >= 4 is 68.8 Å². The van der Waals surface area contributed by atoms with E-state index in [-0.39, 0.29) is 43.2 Å². The quantitative estimate of drug-likeness (QED) is 0.0516. The van der Waals surface area contributed by atoms with Gasteiger partial charge < -0.3 is 55.2 Å². The van der Waals surface area contributed by atoms with Crippen LogP contribution in [0.3, 0.4) is 0 Å². The van der Waals surface area contributed by atoms with Gasteiger partial charge in [-0.25, -0.2) is 14.8 Å². The van der Waals surface area contributed by atoms with E-state index < -0.39 is 48.3 Å². The normalized spacial score (nSPS) is 24.2. The molecule has 8 N–H and O–H groups in total. The number of carbonyl (C=O) groups excluding carboxylic acids is 4. The predicted molar refractivity (Wildman–Crippen MR) is 273 cm³/mol. The Morgan fingerprint density at radius 3 is 2.40 bits per heavy atom. The summed E-state index contributed by atoms with van der Waals surface area (Å²) in [6.07, 6.45) is -0.596. The number of aromatic amines is 2. The molecule has 7 atom stereocenters. The largest absolute Gasteiger partial charge is 0.462 e. The second kappa shape index (κ2) is 22.9. The van der Waals surface area contributed by atoms with Crippen molar-refractivity contribution in [2.75, 3.05) is 78.5 Å². The highest BCUT2D eigenvalue weighted by Crippen LogP contribution is 2.45. The van der Waals surface area contributed by atoms with E-state index in [1.807, 2.05) is 39.0 Å². The molecule has 0 aromatic carbocycles. The molecule has 6 aliphatic heterocycles. The lowest BCUT2D eigenvalue weighted by molar-refractivity contribution is -0.205. The summed E-state index contributed by atoms with van der Waals surface area (Å²) in [5.74, 6) is -1.64. The van der Waals surface area contributed by atoms with Gasteiger partial charge in [-0.15, -0.1) is 11.8 Å². The number of aryl methyl sites for hydroxylation is 1. The van der Waals surface area contributed by atoms with Gasteiger partial charge >= 0.3 is 5.97 Å². The van der Waals surface area contributed by atoms with Gasteiger partial charge in [0.2, 0.25) is 5.91 Å². The number of allylic oxidation sites excluding steroid dienone is 5. The maximum atomic E-state index is 15.2. The highest BCUT2D eigenvalue weighted by atomic mass is 32.2. The van der Waals surface area contributed by atoms with E-state index in [0.29, 0.717) is 133 Å². The molecule has 8 rings (SSSR count). The molecule has 8 bridgehead atoms. The van der Waals surface area contributed by atoms with Crippen LogP contribution in [0.2, 0.25) is 0 Å². The lowest BCUT2D eigenvalue weighted by atomic mass is 9.84. The molecule has 20 heteroatoms. The van der Waals surface area contributed by atoms with Crippen LogP contribution in [0.5, 0.6) is 0 Å². The Bertz CT molecular complexity index is 2740. The molecule has 0 saturated carbocycles. The Hall–Kier alpha value is -5.29. The van der Waals surface area contributed by atoms with Crippen molar-refractivity contribution in [1.82, 2.24) is 34.6 Å². The number of likely N-dealkylation sites (N-methyl/N-ethyl adjacent to an activating group) is 1. The van der Waals surface area contributed by atoms with Gasteiger partial charge in [0.1, 0.15) is 29.9 Å². The number of thioether (sulfide) groups is 1. The molecule has 0 spiro atoms. The summed E-state index contributed by atoms with van der Waals surface area (Å²) in [5, 5.41) is 40.2. The van der Waals surface area contributed by atoms with E-state index in [4.69, 9.17) is 29.9 Å². The monoisotopic (exact) mass is 1010 g/mol. The van der Waals surface area contributed by atoms with Crippen LogP contribution in [-0.2, 0) is 23.8 Å². The van der Waals surface area contributed by atoms with Gasteiger partial charge in [-0.3, -0.25) is 24.2 Å². The lowest BCUT2D eigenvalue weighted by Gasteiger charge is -2.39. The fourth-order valence-electron chi connectivity index (χ4n) is 10.3. The van der Waals surface area contributed by atoms with E-state index in [1.54, 1.807) is 18.0 Å². The molecule has 6 aliphatic rings. The average Bonchev–Trinajstić information content (AvgIpc) is 4.05. The second-order valence-corrected chi connectivity index (χ2v) is 20.4. The summed E-state index contributed by atoms with van der Waals surface area (Å²) in [6, 6.07) is 5.81. The Balaban J connectivity index is 1.19. The Kier molecular flexibility index (Phi) is 16.8. The van der Waals surface area contributed by atoms with Crippen LogP contribution in [0.4, 0.5) is 0 Å². The fraction of sp³-hybridized carbons (Fsp3) is 0.538. The van der Waals surface area contributed by atoms with Gasteiger partial charge in [0.05, 0.1) is 65.8 Å². The number of H-pyrrole nitrogens is 2. The number of aliphatic hydroxyl groups is 4. The van der Waals surface area contributed by atoms with Crippen molar-refractivity contribution in [3.63, 3.8) is 0 Å². The molecule has 2 aromatic heterocycles. The van der Waals surface area contributed by atoms with Crippen LogP contribution in [0.15, 0.2) is 30.4 Å². The topological polar surface area (TPSA) is 270 Å². The van der Waals surface area contributed by atoms with Crippen LogP contribution in [0.1, 0.15) is 126 Å². The highest BCUT2D eigenvalue weighted by Gasteiger charge is 2.44. The summed E-state index contributed by atoms with van der Waals surface area (Å²) in [4.78, 5) is 79.2. The van der Waals surface area contributed by atoms with E-state index in [9.17, 15) is 34.8 Å². The number of fused-ring (bicyclic) bond motifs is 8. The van der Waals surface area contributed by atoms with Crippen molar-refractivity contribution in [2.45, 2.75) is 102 Å². The molecule has 3 amide bonds. The first-order chi connectivity index (χ1) is 34.6. The Morgan fingerprint density at radius 1 is 0.958 bits per heavy atom. The Morgan fingerprint density at radius 2 is 1.68 bits per heavy atom. The zero-order valence-electron chi connectivity index (χ0n) is 41.9. The number of imide groups is 1. The third-order valence-electron chi connectivity index (χ3n) is 14.7. The van der Waals surface area contributed by atoms with E-state index >= 15 is 4.79 Å². The van der Waals surface area contributed by atoms with Crippen LogP contribution in [0, 0.1) is 6.92 Å². The van der Waals surface area contributed by atoms with Crippen molar-refractivity contribution in [3.8, 4) is 0 Å². The number of rotatable bonds is 17. The number of esters is 1. The molecule has 8 heterocycles. The van der Waals surface area contributed by atoms with Crippen molar-refractivity contribution in [2.24, 2.45) is 5.73 Å². The smallest absolute Gasteiger partial charge is 0.330 e. The average molecular weight is 1010 g/mol. The molecule has 2 aromatic rings. The van der Waals surface area contributed by atoms with Gasteiger partial charge in [-0.05, 0) is 92.3 Å². The maximum absolute atomic E-state index is 15.2. The second-order valence-electron chi connectivity index (χ2n) is 19.2. The minimum atomic E-state index is -1.47. The highest BCUT2D eigenvalue weighted by molar-refractivity contribution is 7.99. The predicted octanol–water partition coefficient (Wildman–Crippen LogP) is 3.65. The molecular weight excluding hydrogens is 945 g/mol. The third-order valence-corrected chi connectivity index (χ3v) is 16.0. The van der Waals surface area contributed by atoms with Gasteiger partial charge in [-0.2, -0.15) is 0 Å².